The fraction of sp³-hybridized carbons (Fsp3) is 0.429. The van der Waals surface area contributed by atoms with Crippen LogP contribution in [-0.4, -0.2) is 24.4 Å². The van der Waals surface area contributed by atoms with Crippen molar-refractivity contribution in [1.29, 1.82) is 0 Å². The van der Waals surface area contributed by atoms with Crippen LogP contribution in [0.4, 0.5) is 0 Å². The lowest BCUT2D eigenvalue weighted by Crippen LogP contribution is -2.12. The van der Waals surface area contributed by atoms with Gasteiger partial charge < -0.3 is 9.47 Å². The summed E-state index contributed by atoms with van der Waals surface area (Å²) in [7, 11) is 1.30. The molecular weight excluding hydrogens is 312 g/mol. The lowest BCUT2D eigenvalue weighted by molar-refractivity contribution is -0.131. The summed E-state index contributed by atoms with van der Waals surface area (Å²) in [5.74, 6) is -0.632. The van der Waals surface area contributed by atoms with E-state index in [9.17, 15) is 9.59 Å². The second-order valence-electron chi connectivity index (χ2n) is 4.12. The highest BCUT2D eigenvalue weighted by molar-refractivity contribution is 9.09. The minimum absolute atomic E-state index is 0.285. The Morgan fingerprint density at radius 2 is 2.00 bits per heavy atom. The maximum Gasteiger partial charge on any atom is 0.341 e. The normalized spacial score (nSPS) is 10.1. The summed E-state index contributed by atoms with van der Waals surface area (Å²) in [4.78, 5) is 23.0. The van der Waals surface area contributed by atoms with Crippen molar-refractivity contribution in [1.82, 2.24) is 0 Å². The molecule has 0 atom stereocenters. The zero-order valence-electron chi connectivity index (χ0n) is 11.3. The molecule has 0 fully saturated rings. The minimum Gasteiger partial charge on any atom is -0.465 e. The first-order chi connectivity index (χ1) is 9.01. The van der Waals surface area contributed by atoms with Crippen LogP contribution in [0.2, 0.25) is 0 Å². The molecule has 0 saturated carbocycles. The van der Waals surface area contributed by atoms with E-state index in [2.05, 4.69) is 15.9 Å². The molecule has 0 N–H and O–H groups in total. The molecule has 19 heavy (non-hydrogen) atoms. The van der Waals surface area contributed by atoms with Crippen molar-refractivity contribution in [2.45, 2.75) is 26.7 Å². The number of esters is 2. The number of aryl methyl sites for hydroxylation is 1. The smallest absolute Gasteiger partial charge is 0.341 e. The Morgan fingerprint density at radius 1 is 1.32 bits per heavy atom. The zero-order valence-corrected chi connectivity index (χ0v) is 12.9. The van der Waals surface area contributed by atoms with Crippen LogP contribution in [0.15, 0.2) is 12.1 Å². The molecule has 0 aliphatic rings. The van der Waals surface area contributed by atoms with E-state index in [1.165, 1.54) is 14.0 Å². The molecule has 104 valence electrons. The van der Waals surface area contributed by atoms with E-state index in [0.717, 1.165) is 29.3 Å². The molecule has 0 amide bonds. The molecule has 0 unspecified atom stereocenters. The van der Waals surface area contributed by atoms with E-state index in [-0.39, 0.29) is 5.56 Å². The molecule has 4 nitrogen and oxygen atoms in total. The number of hydrogen-bond donors (Lipinski definition) is 0. The number of methoxy groups -OCH3 is 1. The summed E-state index contributed by atoms with van der Waals surface area (Å²) in [5, 5.41) is 0.842. The van der Waals surface area contributed by atoms with Crippen LogP contribution in [-0.2, 0) is 16.0 Å². The van der Waals surface area contributed by atoms with E-state index >= 15 is 0 Å². The number of rotatable bonds is 5. The predicted octanol–water partition coefficient (Wildman–Crippen LogP) is 3.03. The van der Waals surface area contributed by atoms with E-state index in [4.69, 9.17) is 9.47 Å². The van der Waals surface area contributed by atoms with Crippen molar-refractivity contribution in [3.63, 3.8) is 0 Å². The highest BCUT2D eigenvalue weighted by Crippen LogP contribution is 2.29. The second-order valence-corrected chi connectivity index (χ2v) is 4.91. The first-order valence-electron chi connectivity index (χ1n) is 5.96. The molecule has 0 saturated heterocycles. The largest absolute Gasteiger partial charge is 0.465 e. The Labute approximate surface area is 121 Å². The van der Waals surface area contributed by atoms with Gasteiger partial charge in [0.1, 0.15) is 11.3 Å². The van der Waals surface area contributed by atoms with Crippen molar-refractivity contribution in [2.75, 3.05) is 12.4 Å². The molecule has 0 aromatic heterocycles. The van der Waals surface area contributed by atoms with Crippen molar-refractivity contribution in [3.8, 4) is 5.75 Å². The van der Waals surface area contributed by atoms with Gasteiger partial charge >= 0.3 is 11.9 Å². The van der Waals surface area contributed by atoms with Gasteiger partial charge in [-0.05, 0) is 37.0 Å². The van der Waals surface area contributed by atoms with Gasteiger partial charge in [0.25, 0.3) is 0 Å². The molecule has 0 aliphatic heterocycles. The van der Waals surface area contributed by atoms with Gasteiger partial charge in [-0.15, -0.1) is 0 Å². The third kappa shape index (κ3) is 4.06. The third-order valence-corrected chi connectivity index (χ3v) is 3.27. The van der Waals surface area contributed by atoms with Gasteiger partial charge in [-0.25, -0.2) is 4.79 Å². The number of carbonyl (C=O) groups excluding carboxylic acids is 2. The zero-order chi connectivity index (χ0) is 14.4. The lowest BCUT2D eigenvalue weighted by atomic mass is 9.99. The minimum atomic E-state index is -0.503. The van der Waals surface area contributed by atoms with Crippen LogP contribution in [0.3, 0.4) is 0 Å². The SMILES string of the molecule is COC(=O)c1ccc(C)c(CCCBr)c1OC(C)=O. The van der Waals surface area contributed by atoms with Crippen LogP contribution in [0.25, 0.3) is 0 Å². The number of ether oxygens (including phenoxy) is 2. The van der Waals surface area contributed by atoms with Crippen molar-refractivity contribution < 1.29 is 19.1 Å². The fourth-order valence-corrected chi connectivity index (χ4v) is 2.09. The monoisotopic (exact) mass is 328 g/mol. The summed E-state index contributed by atoms with van der Waals surface area (Å²) >= 11 is 3.37. The Hall–Kier alpha value is -1.36. The predicted molar refractivity (Wildman–Crippen MR) is 75.9 cm³/mol. The highest BCUT2D eigenvalue weighted by Gasteiger charge is 2.20. The molecular formula is C14H17BrO4. The molecule has 0 bridgehead atoms. The summed E-state index contributed by atoms with van der Waals surface area (Å²) in [5.41, 5.74) is 2.15. The van der Waals surface area contributed by atoms with Crippen molar-refractivity contribution >= 4 is 27.9 Å². The Morgan fingerprint density at radius 3 is 2.53 bits per heavy atom. The van der Waals surface area contributed by atoms with Gasteiger partial charge in [0.2, 0.25) is 0 Å². The summed E-state index contributed by atoms with van der Waals surface area (Å²) in [6.07, 6.45) is 1.62. The Kier molecular flexibility index (Phi) is 6.02. The molecule has 1 aromatic rings. The summed E-state index contributed by atoms with van der Waals surface area (Å²) in [6, 6.07) is 3.46. The van der Waals surface area contributed by atoms with E-state index < -0.39 is 11.9 Å². The van der Waals surface area contributed by atoms with Crippen LogP contribution < -0.4 is 4.74 Å². The first kappa shape index (κ1) is 15.7. The van der Waals surface area contributed by atoms with E-state index in [1.54, 1.807) is 6.07 Å². The molecule has 1 rings (SSSR count). The number of hydrogen-bond acceptors (Lipinski definition) is 4. The van der Waals surface area contributed by atoms with E-state index in [0.29, 0.717) is 5.75 Å². The maximum absolute atomic E-state index is 11.7. The first-order valence-corrected chi connectivity index (χ1v) is 7.08. The second kappa shape index (κ2) is 7.28. The number of carbonyl (C=O) groups is 2. The van der Waals surface area contributed by atoms with Crippen LogP contribution >= 0.6 is 15.9 Å². The molecule has 0 heterocycles. The van der Waals surface area contributed by atoms with Gasteiger partial charge in [0, 0.05) is 12.3 Å². The van der Waals surface area contributed by atoms with Crippen LogP contribution in [0.1, 0.15) is 34.8 Å². The van der Waals surface area contributed by atoms with Gasteiger partial charge in [-0.2, -0.15) is 0 Å². The molecule has 5 heteroatoms. The van der Waals surface area contributed by atoms with Crippen molar-refractivity contribution in [3.05, 3.63) is 28.8 Å². The van der Waals surface area contributed by atoms with Gasteiger partial charge in [-0.3, -0.25) is 4.79 Å². The van der Waals surface area contributed by atoms with Crippen LogP contribution in [0.5, 0.6) is 5.75 Å². The molecule has 1 aromatic carbocycles. The maximum atomic E-state index is 11.7. The topological polar surface area (TPSA) is 52.6 Å². The quantitative estimate of drug-likeness (QED) is 0.473. The Bertz CT molecular complexity index is 483. The van der Waals surface area contributed by atoms with Gasteiger partial charge in [0.05, 0.1) is 7.11 Å². The molecule has 0 aliphatic carbocycles. The summed E-state index contributed by atoms with van der Waals surface area (Å²) < 4.78 is 9.94. The van der Waals surface area contributed by atoms with E-state index in [1.807, 2.05) is 13.0 Å². The fourth-order valence-electron chi connectivity index (χ4n) is 1.81. The number of alkyl halides is 1. The van der Waals surface area contributed by atoms with Crippen LogP contribution in [0, 0.1) is 6.92 Å². The average Bonchev–Trinajstić information content (AvgIpc) is 2.37. The van der Waals surface area contributed by atoms with Crippen molar-refractivity contribution in [2.24, 2.45) is 0 Å². The molecule has 0 spiro atoms. The molecule has 0 radical (unpaired) electrons. The number of halogens is 1. The van der Waals surface area contributed by atoms with Gasteiger partial charge in [0.15, 0.2) is 0 Å². The lowest BCUT2D eigenvalue weighted by Gasteiger charge is -2.15. The standard InChI is InChI=1S/C14H17BrO4/c1-9-6-7-12(14(17)18-3)13(19-10(2)16)11(9)5-4-8-15/h6-7H,4-5,8H2,1-3H3. The summed E-state index contributed by atoms with van der Waals surface area (Å²) in [6.45, 7) is 3.25. The Balaban J connectivity index is 3.31. The average molecular weight is 329 g/mol. The van der Waals surface area contributed by atoms with Gasteiger partial charge in [-0.1, -0.05) is 22.0 Å². The highest BCUT2D eigenvalue weighted by atomic mass is 79.9. The third-order valence-electron chi connectivity index (χ3n) is 2.71. The number of benzene rings is 1.